The Morgan fingerprint density at radius 3 is 1.08 bits per heavy atom. The van der Waals surface area contributed by atoms with Crippen molar-refractivity contribution in [2.45, 2.75) is 13.2 Å². The van der Waals surface area contributed by atoms with E-state index < -0.39 is 0 Å². The molecule has 3 aromatic carbocycles. The van der Waals surface area contributed by atoms with Crippen LogP contribution in [-0.2, 0) is 13.2 Å². The van der Waals surface area contributed by atoms with Crippen LogP contribution in [0.3, 0.4) is 0 Å². The number of methoxy groups -OCH3 is 2. The summed E-state index contributed by atoms with van der Waals surface area (Å²) < 4.78 is 21.9. The van der Waals surface area contributed by atoms with Crippen molar-refractivity contribution in [3.63, 3.8) is 0 Å². The van der Waals surface area contributed by atoms with Crippen molar-refractivity contribution in [1.82, 2.24) is 0 Å². The van der Waals surface area contributed by atoms with Crippen molar-refractivity contribution in [3.05, 3.63) is 83.9 Å². The molecular formula is C22H22O4. The Morgan fingerprint density at radius 2 is 0.769 bits per heavy atom. The minimum absolute atomic E-state index is 0.510. The van der Waals surface area contributed by atoms with E-state index in [9.17, 15) is 0 Å². The lowest BCUT2D eigenvalue weighted by Crippen LogP contribution is -1.97. The lowest BCUT2D eigenvalue weighted by molar-refractivity contribution is 0.297. The van der Waals surface area contributed by atoms with Gasteiger partial charge in [-0.25, -0.2) is 0 Å². The molecule has 0 heterocycles. The smallest absolute Gasteiger partial charge is 0.120 e. The van der Waals surface area contributed by atoms with Gasteiger partial charge in [0.15, 0.2) is 0 Å². The van der Waals surface area contributed by atoms with Crippen molar-refractivity contribution in [1.29, 1.82) is 0 Å². The molecule has 4 heteroatoms. The molecule has 134 valence electrons. The number of benzene rings is 3. The summed E-state index contributed by atoms with van der Waals surface area (Å²) in [4.78, 5) is 0. The second kappa shape index (κ2) is 8.81. The van der Waals surface area contributed by atoms with Gasteiger partial charge in [-0.2, -0.15) is 0 Å². The van der Waals surface area contributed by atoms with Crippen LogP contribution >= 0.6 is 0 Å². The van der Waals surface area contributed by atoms with E-state index >= 15 is 0 Å². The Morgan fingerprint density at radius 1 is 0.462 bits per heavy atom. The number of ether oxygens (including phenoxy) is 4. The van der Waals surface area contributed by atoms with Crippen LogP contribution in [0.2, 0.25) is 0 Å². The van der Waals surface area contributed by atoms with E-state index in [2.05, 4.69) is 0 Å². The van der Waals surface area contributed by atoms with Crippen molar-refractivity contribution in [3.8, 4) is 23.0 Å². The Balaban J connectivity index is 1.49. The largest absolute Gasteiger partial charge is 0.497 e. The lowest BCUT2D eigenvalue weighted by atomic mass is 10.2. The predicted octanol–water partition coefficient (Wildman–Crippen LogP) is 4.86. The fourth-order valence-electron chi connectivity index (χ4n) is 2.41. The summed E-state index contributed by atoms with van der Waals surface area (Å²) in [6.45, 7) is 1.02. The van der Waals surface area contributed by atoms with Gasteiger partial charge in [0.2, 0.25) is 0 Å². The fourth-order valence-corrected chi connectivity index (χ4v) is 2.41. The zero-order valence-corrected chi connectivity index (χ0v) is 15.0. The highest BCUT2D eigenvalue weighted by atomic mass is 16.5. The fraction of sp³-hybridized carbons (Fsp3) is 0.182. The molecule has 0 aliphatic carbocycles. The van der Waals surface area contributed by atoms with E-state index in [0.717, 1.165) is 34.1 Å². The van der Waals surface area contributed by atoms with E-state index in [4.69, 9.17) is 18.9 Å². The zero-order chi connectivity index (χ0) is 18.2. The molecular weight excluding hydrogens is 328 g/mol. The van der Waals surface area contributed by atoms with Gasteiger partial charge in [-0.15, -0.1) is 0 Å². The monoisotopic (exact) mass is 350 g/mol. The maximum atomic E-state index is 5.80. The van der Waals surface area contributed by atoms with Crippen LogP contribution in [0.5, 0.6) is 23.0 Å². The molecule has 3 aromatic rings. The highest BCUT2D eigenvalue weighted by Gasteiger charge is 2.00. The van der Waals surface area contributed by atoms with E-state index in [1.807, 2.05) is 72.8 Å². The third-order valence-corrected chi connectivity index (χ3v) is 3.95. The Kier molecular flexibility index (Phi) is 5.99. The third-order valence-electron chi connectivity index (χ3n) is 3.95. The molecule has 0 atom stereocenters. The minimum Gasteiger partial charge on any atom is -0.497 e. The number of hydrogen-bond acceptors (Lipinski definition) is 4. The van der Waals surface area contributed by atoms with Gasteiger partial charge in [0, 0.05) is 0 Å². The van der Waals surface area contributed by atoms with Crippen molar-refractivity contribution in [2.75, 3.05) is 14.2 Å². The second-order valence-corrected chi connectivity index (χ2v) is 5.74. The predicted molar refractivity (Wildman–Crippen MR) is 101 cm³/mol. The minimum atomic E-state index is 0.510. The third kappa shape index (κ3) is 4.93. The first-order valence-corrected chi connectivity index (χ1v) is 8.38. The SMILES string of the molecule is COc1ccc(COc2ccc(OCc3ccc(OC)cc3)cc2)cc1. The quantitative estimate of drug-likeness (QED) is 0.581. The average molecular weight is 350 g/mol. The molecule has 0 bridgehead atoms. The molecule has 0 saturated heterocycles. The average Bonchev–Trinajstić information content (AvgIpc) is 2.72. The summed E-state index contributed by atoms with van der Waals surface area (Å²) in [6.07, 6.45) is 0. The van der Waals surface area contributed by atoms with Crippen molar-refractivity contribution < 1.29 is 18.9 Å². The van der Waals surface area contributed by atoms with Gasteiger partial charge in [-0.3, -0.25) is 0 Å². The summed E-state index contributed by atoms with van der Waals surface area (Å²) in [5.74, 6) is 3.29. The maximum Gasteiger partial charge on any atom is 0.120 e. The topological polar surface area (TPSA) is 36.9 Å². The molecule has 0 N–H and O–H groups in total. The molecule has 0 saturated carbocycles. The standard InChI is InChI=1S/C22H22O4/c1-23-19-7-3-17(4-8-19)15-25-21-11-13-22(14-12-21)26-16-18-5-9-20(24-2)10-6-18/h3-14H,15-16H2,1-2H3. The summed E-state index contributed by atoms with van der Waals surface area (Å²) in [5, 5.41) is 0. The molecule has 26 heavy (non-hydrogen) atoms. The molecule has 0 fully saturated rings. The maximum absolute atomic E-state index is 5.80. The number of hydrogen-bond donors (Lipinski definition) is 0. The van der Waals surface area contributed by atoms with E-state index in [1.54, 1.807) is 14.2 Å². The Bertz CT molecular complexity index is 723. The first kappa shape index (κ1) is 17.7. The van der Waals surface area contributed by atoms with Crippen LogP contribution in [0.4, 0.5) is 0 Å². The van der Waals surface area contributed by atoms with Crippen LogP contribution in [0.1, 0.15) is 11.1 Å². The van der Waals surface area contributed by atoms with Crippen molar-refractivity contribution >= 4 is 0 Å². The zero-order valence-electron chi connectivity index (χ0n) is 15.0. The van der Waals surface area contributed by atoms with Crippen LogP contribution in [0.25, 0.3) is 0 Å². The van der Waals surface area contributed by atoms with Gasteiger partial charge in [0.1, 0.15) is 36.2 Å². The van der Waals surface area contributed by atoms with Crippen molar-refractivity contribution in [2.24, 2.45) is 0 Å². The lowest BCUT2D eigenvalue weighted by Gasteiger charge is -2.10. The summed E-state index contributed by atoms with van der Waals surface area (Å²) in [5.41, 5.74) is 2.18. The first-order chi connectivity index (χ1) is 12.8. The van der Waals surface area contributed by atoms with Crippen LogP contribution in [0, 0.1) is 0 Å². The molecule has 4 nitrogen and oxygen atoms in total. The van der Waals surface area contributed by atoms with Crippen LogP contribution < -0.4 is 18.9 Å². The summed E-state index contributed by atoms with van der Waals surface area (Å²) in [7, 11) is 3.31. The normalized spacial score (nSPS) is 10.2. The van der Waals surface area contributed by atoms with Gasteiger partial charge in [-0.05, 0) is 59.7 Å². The second-order valence-electron chi connectivity index (χ2n) is 5.74. The highest BCUT2D eigenvalue weighted by molar-refractivity contribution is 5.33. The molecule has 0 spiro atoms. The molecule has 0 aliphatic heterocycles. The van der Waals surface area contributed by atoms with Gasteiger partial charge in [-0.1, -0.05) is 24.3 Å². The van der Waals surface area contributed by atoms with E-state index in [-0.39, 0.29) is 0 Å². The highest BCUT2D eigenvalue weighted by Crippen LogP contribution is 2.21. The molecule has 0 radical (unpaired) electrons. The van der Waals surface area contributed by atoms with E-state index in [1.165, 1.54) is 0 Å². The van der Waals surface area contributed by atoms with Gasteiger partial charge < -0.3 is 18.9 Å². The van der Waals surface area contributed by atoms with Gasteiger partial charge >= 0.3 is 0 Å². The summed E-state index contributed by atoms with van der Waals surface area (Å²) in [6, 6.07) is 23.3. The van der Waals surface area contributed by atoms with Crippen LogP contribution in [-0.4, -0.2) is 14.2 Å². The molecule has 0 aliphatic rings. The molecule has 0 amide bonds. The molecule has 3 rings (SSSR count). The van der Waals surface area contributed by atoms with E-state index in [0.29, 0.717) is 13.2 Å². The molecule has 0 aromatic heterocycles. The van der Waals surface area contributed by atoms with Crippen LogP contribution in [0.15, 0.2) is 72.8 Å². The van der Waals surface area contributed by atoms with Gasteiger partial charge in [0.05, 0.1) is 14.2 Å². The molecule has 0 unspecified atom stereocenters. The number of rotatable bonds is 8. The Labute approximate surface area is 153 Å². The Hall–Kier alpha value is -3.14. The van der Waals surface area contributed by atoms with Gasteiger partial charge in [0.25, 0.3) is 0 Å². The first-order valence-electron chi connectivity index (χ1n) is 8.38. The summed E-state index contributed by atoms with van der Waals surface area (Å²) >= 11 is 0.